The molecular weight excluding hydrogens is 806 g/mol. The molecule has 2 heterocycles. The van der Waals surface area contributed by atoms with Crippen LogP contribution in [0.1, 0.15) is 106 Å². The predicted molar refractivity (Wildman–Crippen MR) is 220 cm³/mol. The number of benzene rings is 1. The molecule has 4 fully saturated rings. The van der Waals surface area contributed by atoms with Gasteiger partial charge in [0.2, 0.25) is 0 Å². The molecule has 2 aliphatic heterocycles. The van der Waals surface area contributed by atoms with Crippen LogP contribution in [0.25, 0.3) is 0 Å². The van der Waals surface area contributed by atoms with Crippen LogP contribution in [0.4, 0.5) is 4.79 Å². The minimum atomic E-state index is -1.91. The van der Waals surface area contributed by atoms with E-state index >= 15 is 0 Å². The summed E-state index contributed by atoms with van der Waals surface area (Å²) in [7, 11) is 0. The van der Waals surface area contributed by atoms with E-state index in [0.29, 0.717) is 5.57 Å². The second-order valence-corrected chi connectivity index (χ2v) is 19.5. The summed E-state index contributed by atoms with van der Waals surface area (Å²) in [6.07, 6.45) is -8.88. The van der Waals surface area contributed by atoms with Gasteiger partial charge < -0.3 is 53.4 Å². The highest BCUT2D eigenvalue weighted by atomic mass is 16.7. The molecular formula is C46H63NO15. The maximum atomic E-state index is 14.6. The van der Waals surface area contributed by atoms with E-state index in [4.69, 9.17) is 37.9 Å². The number of hydrogen-bond acceptors (Lipinski definition) is 15. The van der Waals surface area contributed by atoms with E-state index in [1.807, 2.05) is 20.8 Å². The van der Waals surface area contributed by atoms with Crippen molar-refractivity contribution >= 4 is 30.0 Å². The number of nitrogens with one attached hydrogen (secondary N) is 1. The van der Waals surface area contributed by atoms with Crippen LogP contribution in [0.3, 0.4) is 0 Å². The molecule has 2 saturated carbocycles. The Balaban J connectivity index is 1.58. The van der Waals surface area contributed by atoms with Crippen molar-refractivity contribution in [1.82, 2.24) is 5.32 Å². The number of hydrogen-bond donors (Lipinski definition) is 3. The topological polar surface area (TPSA) is 212 Å². The number of aliphatic hydroxyl groups excluding tert-OH is 1. The summed E-state index contributed by atoms with van der Waals surface area (Å²) < 4.78 is 50.5. The van der Waals surface area contributed by atoms with Crippen LogP contribution in [0.2, 0.25) is 0 Å². The maximum absolute atomic E-state index is 14.6. The van der Waals surface area contributed by atoms with Gasteiger partial charge in [0.1, 0.15) is 30.0 Å². The second kappa shape index (κ2) is 17.0. The number of fused-ring (bicyclic) bond motifs is 3. The van der Waals surface area contributed by atoms with Crippen LogP contribution < -0.4 is 5.32 Å². The van der Waals surface area contributed by atoms with Crippen LogP contribution in [0.5, 0.6) is 0 Å². The van der Waals surface area contributed by atoms with Crippen LogP contribution in [-0.2, 0) is 52.3 Å². The molecule has 0 aromatic heterocycles. The highest BCUT2D eigenvalue weighted by Crippen LogP contribution is 2.70. The number of carbonyl (C=O) groups is 5. The smallest absolute Gasteiger partial charge is 0.407 e. The lowest BCUT2D eigenvalue weighted by Gasteiger charge is -2.67. The monoisotopic (exact) mass is 869 g/mol. The lowest BCUT2D eigenvalue weighted by Crippen LogP contribution is -2.80. The van der Waals surface area contributed by atoms with Crippen molar-refractivity contribution in [3.8, 4) is 0 Å². The Labute approximate surface area is 362 Å². The molecule has 5 aliphatic rings. The molecule has 0 bridgehead atoms. The molecule has 0 spiro atoms. The zero-order valence-electron chi connectivity index (χ0n) is 37.6. The highest BCUT2D eigenvalue weighted by molar-refractivity contribution is 5.89. The number of ether oxygens (including phenoxy) is 8. The normalized spacial score (nSPS) is 34.7. The molecule has 0 radical (unpaired) electrons. The summed E-state index contributed by atoms with van der Waals surface area (Å²) in [5.74, 6) is -4.40. The lowest BCUT2D eigenvalue weighted by molar-refractivity contribution is -0.392. The third-order valence-electron chi connectivity index (χ3n) is 13.3. The highest BCUT2D eigenvalue weighted by Gasteiger charge is 2.81. The van der Waals surface area contributed by atoms with Crippen LogP contribution in [0, 0.1) is 22.7 Å². The minimum Gasteiger partial charge on any atom is -0.457 e. The summed E-state index contributed by atoms with van der Waals surface area (Å²) >= 11 is 0. The first-order valence-corrected chi connectivity index (χ1v) is 21.3. The van der Waals surface area contributed by atoms with Crippen molar-refractivity contribution < 1.29 is 72.1 Å². The van der Waals surface area contributed by atoms with Crippen LogP contribution >= 0.6 is 0 Å². The van der Waals surface area contributed by atoms with Gasteiger partial charge in [-0.3, -0.25) is 9.59 Å². The molecule has 3 aliphatic carbocycles. The molecule has 3 N–H and O–H groups in total. The summed E-state index contributed by atoms with van der Waals surface area (Å²) in [5, 5.41) is 27.1. The van der Waals surface area contributed by atoms with Gasteiger partial charge in [0, 0.05) is 32.1 Å². The van der Waals surface area contributed by atoms with E-state index in [-0.39, 0.29) is 42.9 Å². The Morgan fingerprint density at radius 2 is 1.65 bits per heavy atom. The molecule has 1 unspecified atom stereocenters. The molecule has 1 amide bonds. The average molecular weight is 870 g/mol. The van der Waals surface area contributed by atoms with Gasteiger partial charge in [0.25, 0.3) is 0 Å². The van der Waals surface area contributed by atoms with E-state index in [9.17, 15) is 34.2 Å². The Morgan fingerprint density at radius 1 is 0.984 bits per heavy atom. The van der Waals surface area contributed by atoms with Gasteiger partial charge in [0.15, 0.2) is 24.1 Å². The van der Waals surface area contributed by atoms with Gasteiger partial charge in [-0.25, -0.2) is 14.4 Å². The molecule has 2 saturated heterocycles. The first-order chi connectivity index (χ1) is 28.8. The molecule has 62 heavy (non-hydrogen) atoms. The van der Waals surface area contributed by atoms with E-state index in [0.717, 1.165) is 0 Å². The fourth-order valence-corrected chi connectivity index (χ4v) is 10.8. The van der Waals surface area contributed by atoms with Gasteiger partial charge in [-0.05, 0) is 83.2 Å². The molecule has 1 aromatic carbocycles. The fourth-order valence-electron chi connectivity index (χ4n) is 10.8. The maximum Gasteiger partial charge on any atom is 0.407 e. The summed E-state index contributed by atoms with van der Waals surface area (Å²) in [6.45, 7) is 21.6. The van der Waals surface area contributed by atoms with Crippen molar-refractivity contribution in [2.24, 2.45) is 22.7 Å². The third kappa shape index (κ3) is 8.28. The van der Waals surface area contributed by atoms with Crippen molar-refractivity contribution in [3.05, 3.63) is 59.7 Å². The molecule has 13 atom stereocenters. The molecule has 1 aromatic rings. The molecule has 16 heteroatoms. The van der Waals surface area contributed by atoms with Crippen molar-refractivity contribution in [2.45, 2.75) is 167 Å². The number of amides is 1. The molecule has 342 valence electrons. The number of aliphatic hydroxyl groups is 2. The second-order valence-electron chi connectivity index (χ2n) is 19.5. The van der Waals surface area contributed by atoms with Gasteiger partial charge in [0.05, 0.1) is 41.3 Å². The Hall–Kier alpha value is -4.35. The standard InChI is InChI=1S/C46H63NO15/c1-13-32-58-30-20-31-46(22-55-31,61-26(6)49)36-38(60-39(51)27-17-15-14-16-18-27)45(43(10,11)54)21-29(24(4)33(45)35(56-25(5)48)37(59-32)44(30,36)12)57-40(52)34(50)28(19-23(2)3)47-41(53)62-42(7,8)9/h13-18,23,28-32,34-38,50,54H,1,19-22H2,2-12H3,(H,47,53)/t28-,29-,30-,31+,32?,34+,35-,36-,37-,38-,44+,45-,46-/m0/s1. The summed E-state index contributed by atoms with van der Waals surface area (Å²) in [6, 6.07) is 7.11. The van der Waals surface area contributed by atoms with Crippen molar-refractivity contribution in [3.63, 3.8) is 0 Å². The largest absolute Gasteiger partial charge is 0.457 e. The Bertz CT molecular complexity index is 1950. The van der Waals surface area contributed by atoms with E-state index in [1.54, 1.807) is 58.0 Å². The van der Waals surface area contributed by atoms with Crippen LogP contribution in [0.15, 0.2) is 54.1 Å². The molecule has 16 nitrogen and oxygen atoms in total. The average Bonchev–Trinajstić information content (AvgIpc) is 3.41. The Morgan fingerprint density at radius 3 is 2.18 bits per heavy atom. The zero-order chi connectivity index (χ0) is 45.9. The van der Waals surface area contributed by atoms with Gasteiger partial charge in [-0.15, -0.1) is 0 Å². The van der Waals surface area contributed by atoms with Crippen LogP contribution in [-0.4, -0.2) is 119 Å². The van der Waals surface area contributed by atoms with E-state index in [1.165, 1.54) is 33.8 Å². The predicted octanol–water partition coefficient (Wildman–Crippen LogP) is 4.87. The summed E-state index contributed by atoms with van der Waals surface area (Å²) in [5.41, 5.74) is -6.62. The van der Waals surface area contributed by atoms with Crippen molar-refractivity contribution in [1.29, 1.82) is 0 Å². The quantitative estimate of drug-likeness (QED) is 0.145. The van der Waals surface area contributed by atoms with Gasteiger partial charge in [-0.1, -0.05) is 45.5 Å². The van der Waals surface area contributed by atoms with Gasteiger partial charge >= 0.3 is 30.0 Å². The SMILES string of the molecule is C=CC1O[C@H]2C[C@H]3OC[C@@]3(OC(C)=O)[C@H]3[C@H](OC(=O)c4ccccc4)[C@]4(C(C)(C)O)C[C@H](OC(=O)[C@H](O)[C@H](CC(C)C)NC(=O)OC(C)(C)C)C(C)=C4[C@H](OC(C)=O)[C@H](O1)[C@]23C. The zero-order valence-corrected chi connectivity index (χ0v) is 37.6. The van der Waals surface area contributed by atoms with Crippen molar-refractivity contribution in [2.75, 3.05) is 6.61 Å². The summed E-state index contributed by atoms with van der Waals surface area (Å²) in [4.78, 5) is 68.3. The first kappa shape index (κ1) is 47.1. The third-order valence-corrected chi connectivity index (χ3v) is 13.3. The fraction of sp³-hybridized carbons (Fsp3) is 0.674. The Kier molecular flexibility index (Phi) is 12.9. The number of alkyl carbamates (subject to hydrolysis) is 1. The first-order valence-electron chi connectivity index (χ1n) is 21.3. The van der Waals surface area contributed by atoms with Gasteiger partial charge in [-0.2, -0.15) is 0 Å². The number of esters is 4. The number of carbonyl (C=O) groups excluding carboxylic acids is 5. The van der Waals surface area contributed by atoms with E-state index < -0.39 is 119 Å². The van der Waals surface area contributed by atoms with E-state index in [2.05, 4.69) is 11.9 Å². The lowest BCUT2D eigenvalue weighted by atomic mass is 9.49. The molecule has 6 rings (SSSR count). The minimum absolute atomic E-state index is 0.0845. The number of rotatable bonds is 12.